The van der Waals surface area contributed by atoms with E-state index in [2.05, 4.69) is 10.5 Å². The molecule has 2 heterocycles. The summed E-state index contributed by atoms with van der Waals surface area (Å²) in [6.07, 6.45) is 0.432. The smallest absolute Gasteiger partial charge is 0.283 e. The fourth-order valence-electron chi connectivity index (χ4n) is 1.05. The summed E-state index contributed by atoms with van der Waals surface area (Å²) in [7, 11) is 0. The van der Waals surface area contributed by atoms with Gasteiger partial charge in [0.25, 0.3) is 5.56 Å². The number of hydrogen-bond donors (Lipinski definition) is 2. The van der Waals surface area contributed by atoms with E-state index < -0.39 is 0 Å². The van der Waals surface area contributed by atoms with E-state index in [-0.39, 0.29) is 12.1 Å². The first-order chi connectivity index (χ1) is 5.27. The lowest BCUT2D eigenvalue weighted by Gasteiger charge is -2.07. The molecule has 1 unspecified atom stereocenters. The molecule has 0 spiro atoms. The largest absolute Gasteiger partial charge is 0.382 e. The minimum Gasteiger partial charge on any atom is -0.382 e. The van der Waals surface area contributed by atoms with Crippen molar-refractivity contribution < 1.29 is 5.89 Å². The molecule has 1 aliphatic rings. The summed E-state index contributed by atoms with van der Waals surface area (Å²) in [6, 6.07) is 0. The van der Waals surface area contributed by atoms with Gasteiger partial charge in [-0.25, -0.2) is 0 Å². The maximum atomic E-state index is 10.9. The van der Waals surface area contributed by atoms with Gasteiger partial charge in [-0.1, -0.05) is 0 Å². The fourth-order valence-corrected chi connectivity index (χ4v) is 1.05. The Kier molecular flexibility index (Phi) is 0.939. The third-order valence-corrected chi connectivity index (χ3v) is 1.59. The van der Waals surface area contributed by atoms with Crippen LogP contribution < -0.4 is 10.9 Å². The Labute approximate surface area is 58.6 Å². The minimum atomic E-state index is -0.374. The van der Waals surface area contributed by atoms with Gasteiger partial charge in [0.15, 0.2) is 5.76 Å². The monoisotopic (exact) mass is 141 g/mol. The van der Waals surface area contributed by atoms with Gasteiger partial charge in [-0.15, -0.1) is 0 Å². The first kappa shape index (κ1) is 4.73. The molecule has 0 aromatic carbocycles. The molecule has 4 heteroatoms. The minimum absolute atomic E-state index is 0.196. The standard InChI is InChI=1S/C6H8N2O2/c9-6-4-1-2-7-3-5(4)10-8-6/h7H,1-3H2,(H,8,9)/i2D. The first-order valence-electron chi connectivity index (χ1n) is 3.70. The Hall–Kier alpha value is -1.03. The van der Waals surface area contributed by atoms with Gasteiger partial charge < -0.3 is 9.84 Å². The van der Waals surface area contributed by atoms with Crippen molar-refractivity contribution in [2.75, 3.05) is 6.52 Å². The van der Waals surface area contributed by atoms with Crippen molar-refractivity contribution in [1.29, 1.82) is 0 Å². The van der Waals surface area contributed by atoms with Crippen molar-refractivity contribution in [2.24, 2.45) is 0 Å². The molecule has 0 saturated carbocycles. The maximum Gasteiger partial charge on any atom is 0.283 e. The van der Waals surface area contributed by atoms with Gasteiger partial charge in [0.1, 0.15) is 0 Å². The summed E-state index contributed by atoms with van der Waals surface area (Å²) in [5, 5.41) is 5.11. The highest BCUT2D eigenvalue weighted by molar-refractivity contribution is 5.16. The van der Waals surface area contributed by atoms with Crippen LogP contribution in [0.2, 0.25) is 0 Å². The molecule has 0 radical (unpaired) electrons. The molecule has 0 amide bonds. The molecule has 2 N–H and O–H groups in total. The predicted molar refractivity (Wildman–Crippen MR) is 34.7 cm³/mol. The summed E-state index contributed by atoms with van der Waals surface area (Å²) in [4.78, 5) is 10.9. The zero-order chi connectivity index (χ0) is 7.84. The van der Waals surface area contributed by atoms with E-state index >= 15 is 0 Å². The number of hydrogen-bond acceptors (Lipinski definition) is 3. The van der Waals surface area contributed by atoms with Gasteiger partial charge in [-0.2, -0.15) is 5.16 Å². The quantitative estimate of drug-likeness (QED) is 0.517. The lowest BCUT2D eigenvalue weighted by atomic mass is 10.1. The number of fused-ring (bicyclic) bond motifs is 1. The molecule has 0 bridgehead atoms. The molecule has 10 heavy (non-hydrogen) atoms. The number of aromatic nitrogens is 1. The Bertz CT molecular complexity index is 317. The summed E-state index contributed by atoms with van der Waals surface area (Å²) in [6.45, 7) is 0.101. The van der Waals surface area contributed by atoms with Gasteiger partial charge in [0.05, 0.1) is 12.1 Å². The third-order valence-electron chi connectivity index (χ3n) is 1.59. The molecule has 1 aromatic heterocycles. The Balaban J connectivity index is 2.45. The van der Waals surface area contributed by atoms with Crippen LogP contribution in [0.1, 0.15) is 12.7 Å². The second-order valence-corrected chi connectivity index (χ2v) is 2.22. The second kappa shape index (κ2) is 1.98. The Morgan fingerprint density at radius 2 is 2.60 bits per heavy atom. The topological polar surface area (TPSA) is 58.0 Å². The van der Waals surface area contributed by atoms with Crippen molar-refractivity contribution in [3.8, 4) is 0 Å². The van der Waals surface area contributed by atoms with E-state index in [0.29, 0.717) is 24.3 Å². The fraction of sp³-hybridized carbons (Fsp3) is 0.500. The van der Waals surface area contributed by atoms with E-state index in [9.17, 15) is 4.79 Å². The predicted octanol–water partition coefficient (Wildman–Crippen LogP) is -0.386. The van der Waals surface area contributed by atoms with Crippen LogP contribution in [0.5, 0.6) is 0 Å². The SMILES string of the molecule is [2H]C1Cc2c(o[nH]c2=O)CN1. The number of nitrogens with one attached hydrogen (secondary N) is 2. The van der Waals surface area contributed by atoms with Crippen LogP contribution in [0, 0.1) is 0 Å². The van der Waals surface area contributed by atoms with E-state index in [1.165, 1.54) is 0 Å². The van der Waals surface area contributed by atoms with Gasteiger partial charge in [0.2, 0.25) is 0 Å². The number of rotatable bonds is 0. The van der Waals surface area contributed by atoms with Crippen molar-refractivity contribution in [3.05, 3.63) is 21.7 Å². The van der Waals surface area contributed by atoms with Crippen molar-refractivity contribution in [1.82, 2.24) is 10.5 Å². The summed E-state index contributed by atoms with van der Waals surface area (Å²) >= 11 is 0. The van der Waals surface area contributed by atoms with E-state index in [4.69, 9.17) is 5.89 Å². The average molecular weight is 141 g/mol. The van der Waals surface area contributed by atoms with Gasteiger partial charge in [-0.05, 0) is 12.9 Å². The summed E-state index contributed by atoms with van der Waals surface area (Å²) in [5.41, 5.74) is 0.419. The highest BCUT2D eigenvalue weighted by Crippen LogP contribution is 2.06. The molecule has 2 rings (SSSR count). The molecule has 4 nitrogen and oxygen atoms in total. The molecular weight excluding hydrogens is 132 g/mol. The van der Waals surface area contributed by atoms with Crippen LogP contribution >= 0.6 is 0 Å². The Morgan fingerprint density at radius 3 is 3.50 bits per heavy atom. The maximum absolute atomic E-state index is 10.9. The van der Waals surface area contributed by atoms with E-state index in [0.717, 1.165) is 0 Å². The zero-order valence-corrected chi connectivity index (χ0v) is 5.31. The normalized spacial score (nSPS) is 25.6. The molecule has 0 fully saturated rings. The van der Waals surface area contributed by atoms with E-state index in [1.807, 2.05) is 0 Å². The first-order valence-corrected chi connectivity index (χ1v) is 3.12. The molecular formula is C6H8N2O2. The van der Waals surface area contributed by atoms with Crippen molar-refractivity contribution >= 4 is 0 Å². The lowest BCUT2D eigenvalue weighted by Crippen LogP contribution is -2.25. The number of H-pyrrole nitrogens is 1. The molecule has 0 aliphatic carbocycles. The van der Waals surface area contributed by atoms with Crippen LogP contribution in [-0.2, 0) is 13.0 Å². The van der Waals surface area contributed by atoms with Gasteiger partial charge in [0, 0.05) is 1.37 Å². The lowest BCUT2D eigenvalue weighted by molar-refractivity contribution is 0.362. The zero-order valence-electron chi connectivity index (χ0n) is 6.31. The molecule has 1 atom stereocenters. The number of aromatic amines is 1. The summed E-state index contributed by atoms with van der Waals surface area (Å²) < 4.78 is 12.2. The van der Waals surface area contributed by atoms with Gasteiger partial charge >= 0.3 is 0 Å². The van der Waals surface area contributed by atoms with Crippen LogP contribution in [0.25, 0.3) is 0 Å². The average Bonchev–Trinajstić information content (AvgIpc) is 2.33. The van der Waals surface area contributed by atoms with Crippen LogP contribution in [0.15, 0.2) is 9.32 Å². The summed E-state index contributed by atoms with van der Waals surface area (Å²) in [5.74, 6) is 0.638. The Morgan fingerprint density at radius 1 is 1.70 bits per heavy atom. The molecule has 1 aromatic rings. The van der Waals surface area contributed by atoms with E-state index in [1.54, 1.807) is 0 Å². The molecule has 1 aliphatic heterocycles. The van der Waals surface area contributed by atoms with Gasteiger partial charge in [-0.3, -0.25) is 4.79 Å². The molecule has 54 valence electrons. The highest BCUT2D eigenvalue weighted by Gasteiger charge is 2.15. The third kappa shape index (κ3) is 0.690. The second-order valence-electron chi connectivity index (χ2n) is 2.22. The molecule has 0 saturated heterocycles. The van der Waals surface area contributed by atoms with Crippen LogP contribution in [0.4, 0.5) is 0 Å². The van der Waals surface area contributed by atoms with Crippen LogP contribution in [0.3, 0.4) is 0 Å². The van der Waals surface area contributed by atoms with Crippen molar-refractivity contribution in [2.45, 2.75) is 13.0 Å². The van der Waals surface area contributed by atoms with Crippen LogP contribution in [-0.4, -0.2) is 11.7 Å². The van der Waals surface area contributed by atoms with Crippen molar-refractivity contribution in [3.63, 3.8) is 0 Å². The highest BCUT2D eigenvalue weighted by atomic mass is 16.5.